The van der Waals surface area contributed by atoms with Gasteiger partial charge in [-0.25, -0.2) is 0 Å². The van der Waals surface area contributed by atoms with Gasteiger partial charge in [-0.15, -0.1) is 0 Å². The topological polar surface area (TPSA) is 47.6 Å². The summed E-state index contributed by atoms with van der Waals surface area (Å²) >= 11 is 0. The molecule has 0 unspecified atom stereocenters. The van der Waals surface area contributed by atoms with Crippen molar-refractivity contribution in [2.24, 2.45) is 0 Å². The molecule has 0 amide bonds. The zero-order chi connectivity index (χ0) is 4.00. The Labute approximate surface area is 107 Å². The zero-order valence-corrected chi connectivity index (χ0v) is 9.03. The molecular weight excluding hydrogens is 202 g/mol. The second-order valence-corrected chi connectivity index (χ2v) is 0. The van der Waals surface area contributed by atoms with Gasteiger partial charge in [-0.2, -0.15) is 0 Å². The Kier molecular flexibility index (Phi) is 671. The summed E-state index contributed by atoms with van der Waals surface area (Å²) in [6.45, 7) is 9.50. The molecule has 0 aromatic heterocycles. The van der Waals surface area contributed by atoms with Gasteiger partial charge in [0.25, 0.3) is 0 Å². The quantitative estimate of drug-likeness (QED) is 0.403. The van der Waals surface area contributed by atoms with Crippen LogP contribution in [0.5, 0.6) is 0 Å². The fourth-order valence-electron chi connectivity index (χ4n) is 0. The predicted molar refractivity (Wildman–Crippen MR) is 15.7 cm³/mol. The molecule has 2 nitrogen and oxygen atoms in total. The van der Waals surface area contributed by atoms with E-state index < -0.39 is 0 Å². The summed E-state index contributed by atoms with van der Waals surface area (Å²) in [5, 5.41) is 12.5. The number of hydrogen-bond donors (Lipinski definition) is 0. The predicted octanol–water partition coefficient (Wildman–Crippen LogP) is -0.193. The Balaban J connectivity index is -0.00000000267. The van der Waals surface area contributed by atoms with E-state index in [1.54, 1.807) is 0 Å². The summed E-state index contributed by atoms with van der Waals surface area (Å²) in [5.74, 6) is 0. The third-order valence-electron chi connectivity index (χ3n) is 0. The molecular formula is C2FeKMnN2. The van der Waals surface area contributed by atoms with Crippen LogP contribution in [0, 0.1) is 23.7 Å². The maximum Gasteiger partial charge on any atom is 2.00 e. The van der Waals surface area contributed by atoms with Crippen molar-refractivity contribution in [3.8, 4) is 0 Å². The van der Waals surface area contributed by atoms with Gasteiger partial charge in [0.05, 0.1) is 0 Å². The summed E-state index contributed by atoms with van der Waals surface area (Å²) in [7, 11) is 0. The molecule has 0 aliphatic rings. The van der Waals surface area contributed by atoms with E-state index in [4.69, 9.17) is 23.7 Å². The summed E-state index contributed by atoms with van der Waals surface area (Å²) in [6, 6.07) is 0. The van der Waals surface area contributed by atoms with Crippen LogP contribution in [-0.2, 0) is 34.1 Å². The van der Waals surface area contributed by atoms with E-state index >= 15 is 0 Å². The maximum atomic E-state index is 6.25. The largest absolute Gasteiger partial charge is 2.00 e. The van der Waals surface area contributed by atoms with Crippen LogP contribution in [0.1, 0.15) is 0 Å². The molecule has 0 N–H and O–H groups in total. The van der Waals surface area contributed by atoms with Crippen LogP contribution in [0.15, 0.2) is 0 Å². The van der Waals surface area contributed by atoms with Gasteiger partial charge in [-0.05, 0) is 0 Å². The standard InChI is InChI=1S/2CN.Fe.K.Mn/c2*1-2;;;/q2*-1;+2;;. The van der Waals surface area contributed by atoms with Gasteiger partial charge in [-0.3, -0.25) is 0 Å². The van der Waals surface area contributed by atoms with Gasteiger partial charge in [-0.1, -0.05) is 0 Å². The van der Waals surface area contributed by atoms with Gasteiger partial charge in [0.2, 0.25) is 0 Å². The van der Waals surface area contributed by atoms with E-state index in [-0.39, 0.29) is 85.5 Å². The van der Waals surface area contributed by atoms with Crippen LogP contribution in [0.3, 0.4) is 0 Å². The Morgan fingerprint density at radius 2 is 0.857 bits per heavy atom. The normalized spacial score (nSPS) is 0.571. The van der Waals surface area contributed by atoms with Crippen LogP contribution in [-0.4, -0.2) is 51.4 Å². The van der Waals surface area contributed by atoms with E-state index in [2.05, 4.69) is 0 Å². The number of hydrogen-bond acceptors (Lipinski definition) is 2. The van der Waals surface area contributed by atoms with Gasteiger partial charge in [0, 0.05) is 68.5 Å². The third-order valence-corrected chi connectivity index (χ3v) is 0. The van der Waals surface area contributed by atoms with E-state index in [9.17, 15) is 0 Å². The first-order chi connectivity index (χ1) is 2.00. The van der Waals surface area contributed by atoms with Crippen molar-refractivity contribution in [1.82, 2.24) is 0 Å². The fourth-order valence-corrected chi connectivity index (χ4v) is 0. The molecule has 0 atom stereocenters. The van der Waals surface area contributed by atoms with E-state index in [0.717, 1.165) is 0 Å². The van der Waals surface area contributed by atoms with Crippen molar-refractivity contribution in [1.29, 1.82) is 10.5 Å². The molecule has 0 rings (SSSR count). The van der Waals surface area contributed by atoms with Gasteiger partial charge in [0.15, 0.2) is 0 Å². The SMILES string of the molecule is [C-]#N.[C-]#N.[Fe+2].[K].[Mn]. The molecule has 0 saturated heterocycles. The summed E-state index contributed by atoms with van der Waals surface area (Å²) in [5.41, 5.74) is 0. The minimum absolute atomic E-state index is 0. The zero-order valence-electron chi connectivity index (χ0n) is 3.63. The fraction of sp³-hybridized carbons (Fsp3) is 0. The van der Waals surface area contributed by atoms with Crippen molar-refractivity contribution in [3.63, 3.8) is 0 Å². The Morgan fingerprint density at radius 1 is 0.857 bits per heavy atom. The summed E-state index contributed by atoms with van der Waals surface area (Å²) in [6.07, 6.45) is 0. The van der Waals surface area contributed by atoms with Crippen molar-refractivity contribution in [2.45, 2.75) is 0 Å². The second-order valence-electron chi connectivity index (χ2n) is 0. The molecule has 0 saturated carbocycles. The molecule has 7 heavy (non-hydrogen) atoms. The van der Waals surface area contributed by atoms with E-state index in [1.165, 1.54) is 0 Å². The molecule has 2 radical (unpaired) electrons. The summed E-state index contributed by atoms with van der Waals surface area (Å²) < 4.78 is 0. The van der Waals surface area contributed by atoms with Crippen LogP contribution in [0.2, 0.25) is 0 Å². The Hall–Kier alpha value is 1.66. The first-order valence-electron chi connectivity index (χ1n) is 0.447. The molecule has 0 aromatic rings. The van der Waals surface area contributed by atoms with Gasteiger partial charge in [0.1, 0.15) is 0 Å². The van der Waals surface area contributed by atoms with Gasteiger partial charge < -0.3 is 23.7 Å². The molecule has 0 spiro atoms. The average Bonchev–Trinajstić information content (AvgIpc) is 1.50. The smallest absolute Gasteiger partial charge is 0.512 e. The average molecular weight is 202 g/mol. The van der Waals surface area contributed by atoms with Crippen molar-refractivity contribution in [3.05, 3.63) is 13.1 Å². The van der Waals surface area contributed by atoms with Crippen molar-refractivity contribution in [2.75, 3.05) is 0 Å². The van der Waals surface area contributed by atoms with Crippen LogP contribution in [0.4, 0.5) is 0 Å². The molecule has 0 heterocycles. The van der Waals surface area contributed by atoms with Gasteiger partial charge >= 0.3 is 17.1 Å². The number of rotatable bonds is 0. The first-order valence-corrected chi connectivity index (χ1v) is 0.447. The monoisotopic (exact) mass is 202 g/mol. The Bertz CT molecular complexity index is 31.2. The van der Waals surface area contributed by atoms with Crippen molar-refractivity contribution < 1.29 is 34.1 Å². The van der Waals surface area contributed by atoms with E-state index in [0.29, 0.717) is 0 Å². The molecule has 5 heteroatoms. The molecule has 0 aliphatic carbocycles. The number of nitrogens with zero attached hydrogens (tertiary/aromatic N) is 2. The van der Waals surface area contributed by atoms with Crippen LogP contribution < -0.4 is 0 Å². The molecule has 0 aliphatic heterocycles. The van der Waals surface area contributed by atoms with E-state index in [1.807, 2.05) is 0 Å². The Morgan fingerprint density at radius 3 is 0.857 bits per heavy atom. The van der Waals surface area contributed by atoms with Crippen LogP contribution >= 0.6 is 0 Å². The maximum absolute atomic E-state index is 6.25. The minimum atomic E-state index is 0. The molecule has 0 fully saturated rings. The summed E-state index contributed by atoms with van der Waals surface area (Å²) in [4.78, 5) is 0. The minimum Gasteiger partial charge on any atom is -0.512 e. The first kappa shape index (κ1) is 38.0. The molecule has 34 valence electrons. The van der Waals surface area contributed by atoms with Crippen LogP contribution in [0.25, 0.3) is 0 Å². The molecule has 0 aromatic carbocycles. The van der Waals surface area contributed by atoms with Crippen molar-refractivity contribution >= 4 is 51.4 Å². The molecule has 0 bridgehead atoms. The third kappa shape index (κ3) is 89.4. The second kappa shape index (κ2) is 124.